The molecule has 0 unspecified atom stereocenters. The normalized spacial score (nSPS) is 9.60. The first-order valence-corrected chi connectivity index (χ1v) is 3.44. The lowest BCUT2D eigenvalue weighted by molar-refractivity contribution is 0.726. The molecule has 0 aliphatic rings. The van der Waals surface area contributed by atoms with Gasteiger partial charge in [-0.25, -0.2) is 4.98 Å². The van der Waals surface area contributed by atoms with Crippen molar-refractivity contribution in [2.75, 3.05) is 0 Å². The second-order valence-corrected chi connectivity index (χ2v) is 2.54. The van der Waals surface area contributed by atoms with E-state index in [1.54, 1.807) is 12.5 Å². The Balaban J connectivity index is 2.35. The van der Waals surface area contributed by atoms with Crippen LogP contribution in [0.4, 0.5) is 0 Å². The zero-order chi connectivity index (χ0) is 7.40. The first-order chi connectivity index (χ1) is 4.79. The largest absolute Gasteiger partial charge is 0.393 e. The van der Waals surface area contributed by atoms with Crippen LogP contribution in [0.3, 0.4) is 0 Å². The fraction of sp³-hybridized carbons (Fsp3) is 0.333. The lowest BCUT2D eigenvalue weighted by atomic mass is 10.4. The molecular formula is C6H9N3S. The van der Waals surface area contributed by atoms with Crippen molar-refractivity contribution in [2.45, 2.75) is 13.0 Å². The van der Waals surface area contributed by atoms with Crippen LogP contribution in [0.5, 0.6) is 0 Å². The minimum absolute atomic E-state index is 0.550. The Hall–Kier alpha value is -0.900. The number of rotatable bonds is 3. The van der Waals surface area contributed by atoms with Crippen molar-refractivity contribution in [2.24, 2.45) is 5.73 Å². The topological polar surface area (TPSA) is 43.8 Å². The van der Waals surface area contributed by atoms with Gasteiger partial charge in [-0.3, -0.25) is 0 Å². The van der Waals surface area contributed by atoms with Crippen molar-refractivity contribution < 1.29 is 0 Å². The molecule has 0 radical (unpaired) electrons. The molecule has 0 spiro atoms. The van der Waals surface area contributed by atoms with Crippen molar-refractivity contribution in [1.82, 2.24) is 9.55 Å². The standard InChI is InChI=1S/C6H9N3S/c7-6(10)1-3-9-4-2-8-5-9/h2,4-5H,1,3H2,(H2,7,10). The molecule has 1 rings (SSSR count). The minimum Gasteiger partial charge on any atom is -0.393 e. The zero-order valence-electron chi connectivity index (χ0n) is 5.53. The molecule has 0 fully saturated rings. The molecule has 0 aliphatic heterocycles. The lowest BCUT2D eigenvalue weighted by Gasteiger charge is -1.98. The monoisotopic (exact) mass is 155 g/mol. The van der Waals surface area contributed by atoms with Crippen LogP contribution in [-0.2, 0) is 6.54 Å². The van der Waals surface area contributed by atoms with E-state index in [1.807, 2.05) is 10.8 Å². The maximum atomic E-state index is 5.31. The van der Waals surface area contributed by atoms with Crippen molar-refractivity contribution in [3.63, 3.8) is 0 Å². The minimum atomic E-state index is 0.550. The predicted octanol–water partition coefficient (Wildman–Crippen LogP) is 0.559. The molecular weight excluding hydrogens is 146 g/mol. The molecule has 4 heteroatoms. The van der Waals surface area contributed by atoms with Gasteiger partial charge in [-0.15, -0.1) is 0 Å². The van der Waals surface area contributed by atoms with E-state index in [0.29, 0.717) is 4.99 Å². The van der Waals surface area contributed by atoms with E-state index >= 15 is 0 Å². The van der Waals surface area contributed by atoms with Gasteiger partial charge in [0.05, 0.1) is 11.3 Å². The highest BCUT2D eigenvalue weighted by Gasteiger charge is 1.90. The van der Waals surface area contributed by atoms with E-state index in [4.69, 9.17) is 18.0 Å². The summed E-state index contributed by atoms with van der Waals surface area (Å²) in [7, 11) is 0. The summed E-state index contributed by atoms with van der Waals surface area (Å²) in [5.74, 6) is 0. The highest BCUT2D eigenvalue weighted by atomic mass is 32.1. The van der Waals surface area contributed by atoms with Crippen LogP contribution in [0.2, 0.25) is 0 Å². The maximum absolute atomic E-state index is 5.31. The fourth-order valence-electron chi connectivity index (χ4n) is 0.658. The Kier molecular flexibility index (Phi) is 2.39. The summed E-state index contributed by atoms with van der Waals surface area (Å²) in [6, 6.07) is 0. The van der Waals surface area contributed by atoms with Gasteiger partial charge < -0.3 is 10.3 Å². The van der Waals surface area contributed by atoms with Gasteiger partial charge in [-0.05, 0) is 0 Å². The Morgan fingerprint density at radius 3 is 3.00 bits per heavy atom. The van der Waals surface area contributed by atoms with Crippen LogP contribution in [0.1, 0.15) is 6.42 Å². The van der Waals surface area contributed by atoms with E-state index in [2.05, 4.69) is 4.98 Å². The van der Waals surface area contributed by atoms with Crippen LogP contribution >= 0.6 is 12.2 Å². The van der Waals surface area contributed by atoms with Crippen molar-refractivity contribution in [3.05, 3.63) is 18.7 Å². The summed E-state index contributed by atoms with van der Waals surface area (Å²) in [6.45, 7) is 0.829. The van der Waals surface area contributed by atoms with E-state index in [1.165, 1.54) is 0 Å². The Morgan fingerprint density at radius 2 is 2.50 bits per heavy atom. The maximum Gasteiger partial charge on any atom is 0.0946 e. The van der Waals surface area contributed by atoms with Gasteiger partial charge >= 0.3 is 0 Å². The fourth-order valence-corrected chi connectivity index (χ4v) is 0.750. The third-order valence-electron chi connectivity index (χ3n) is 1.18. The molecule has 54 valence electrons. The summed E-state index contributed by atoms with van der Waals surface area (Å²) in [5.41, 5.74) is 5.31. The molecule has 2 N–H and O–H groups in total. The molecule has 0 amide bonds. The van der Waals surface area contributed by atoms with E-state index < -0.39 is 0 Å². The average molecular weight is 155 g/mol. The predicted molar refractivity (Wildman–Crippen MR) is 43.6 cm³/mol. The molecule has 0 aliphatic carbocycles. The SMILES string of the molecule is NC(=S)CCn1ccnc1. The van der Waals surface area contributed by atoms with E-state index in [9.17, 15) is 0 Å². The third kappa shape index (κ3) is 2.14. The zero-order valence-corrected chi connectivity index (χ0v) is 6.34. The van der Waals surface area contributed by atoms with E-state index in [-0.39, 0.29) is 0 Å². The molecule has 0 saturated carbocycles. The first kappa shape index (κ1) is 7.21. The van der Waals surface area contributed by atoms with Gasteiger partial charge in [0, 0.05) is 25.4 Å². The van der Waals surface area contributed by atoms with Gasteiger partial charge in [0.2, 0.25) is 0 Å². The van der Waals surface area contributed by atoms with Crippen LogP contribution in [0, 0.1) is 0 Å². The number of aromatic nitrogens is 2. The van der Waals surface area contributed by atoms with Crippen LogP contribution in [0.25, 0.3) is 0 Å². The molecule has 1 aromatic rings. The summed E-state index contributed by atoms with van der Waals surface area (Å²) >= 11 is 4.71. The van der Waals surface area contributed by atoms with Crippen LogP contribution < -0.4 is 5.73 Å². The highest BCUT2D eigenvalue weighted by Crippen LogP contribution is 1.89. The molecule has 10 heavy (non-hydrogen) atoms. The van der Waals surface area contributed by atoms with Crippen LogP contribution in [0.15, 0.2) is 18.7 Å². The average Bonchev–Trinajstić information content (AvgIpc) is 2.34. The van der Waals surface area contributed by atoms with Crippen molar-refractivity contribution in [3.8, 4) is 0 Å². The molecule has 0 atom stereocenters. The van der Waals surface area contributed by atoms with Crippen molar-refractivity contribution >= 4 is 17.2 Å². The second kappa shape index (κ2) is 3.31. The summed E-state index contributed by atoms with van der Waals surface area (Å²) < 4.78 is 1.94. The number of hydrogen-bond donors (Lipinski definition) is 1. The van der Waals surface area contributed by atoms with Crippen molar-refractivity contribution in [1.29, 1.82) is 0 Å². The Morgan fingerprint density at radius 1 is 1.70 bits per heavy atom. The number of imidazole rings is 1. The number of aryl methyl sites for hydroxylation is 1. The second-order valence-electron chi connectivity index (χ2n) is 2.02. The smallest absolute Gasteiger partial charge is 0.0946 e. The van der Waals surface area contributed by atoms with Gasteiger partial charge in [-0.2, -0.15) is 0 Å². The lowest BCUT2D eigenvalue weighted by Crippen LogP contribution is -2.10. The Labute approximate surface area is 64.9 Å². The number of nitrogens with two attached hydrogens (primary N) is 1. The molecule has 0 aromatic carbocycles. The molecule has 3 nitrogen and oxygen atoms in total. The molecule has 0 saturated heterocycles. The summed E-state index contributed by atoms with van der Waals surface area (Å²) in [4.78, 5) is 4.43. The van der Waals surface area contributed by atoms with Gasteiger partial charge in [0.15, 0.2) is 0 Å². The number of thiocarbonyl (C=S) groups is 1. The van der Waals surface area contributed by atoms with Gasteiger partial charge in [0.1, 0.15) is 0 Å². The first-order valence-electron chi connectivity index (χ1n) is 3.03. The molecule has 1 heterocycles. The molecule has 1 aromatic heterocycles. The van der Waals surface area contributed by atoms with Crippen LogP contribution in [-0.4, -0.2) is 14.5 Å². The summed E-state index contributed by atoms with van der Waals surface area (Å²) in [5, 5.41) is 0. The summed E-state index contributed by atoms with van der Waals surface area (Å²) in [6.07, 6.45) is 6.11. The Bertz CT molecular complexity index is 205. The number of hydrogen-bond acceptors (Lipinski definition) is 2. The molecule has 0 bridgehead atoms. The van der Waals surface area contributed by atoms with Gasteiger partial charge in [0.25, 0.3) is 0 Å². The van der Waals surface area contributed by atoms with E-state index in [0.717, 1.165) is 13.0 Å². The number of nitrogens with zero attached hydrogens (tertiary/aromatic N) is 2. The quantitative estimate of drug-likeness (QED) is 0.649. The highest BCUT2D eigenvalue weighted by molar-refractivity contribution is 7.80. The third-order valence-corrected chi connectivity index (χ3v) is 1.38. The van der Waals surface area contributed by atoms with Gasteiger partial charge in [-0.1, -0.05) is 12.2 Å².